The third-order valence-electron chi connectivity index (χ3n) is 1.36. The van der Waals surface area contributed by atoms with E-state index in [1.165, 1.54) is 0 Å². The highest BCUT2D eigenvalue weighted by atomic mass is 127. The van der Waals surface area contributed by atoms with Crippen molar-refractivity contribution in [2.45, 2.75) is 31.3 Å². The van der Waals surface area contributed by atoms with Crippen LogP contribution in [0.25, 0.3) is 0 Å². The van der Waals surface area contributed by atoms with Crippen molar-refractivity contribution < 1.29 is 5.11 Å². The van der Waals surface area contributed by atoms with Gasteiger partial charge in [-0.25, -0.2) is 0 Å². The molecule has 2 nitrogen and oxygen atoms in total. The number of nitrogens with one attached hydrogen (secondary N) is 1. The van der Waals surface area contributed by atoms with Crippen molar-refractivity contribution in [2.24, 2.45) is 5.41 Å². The van der Waals surface area contributed by atoms with E-state index in [0.29, 0.717) is 12.0 Å². The van der Waals surface area contributed by atoms with Crippen LogP contribution in [0.2, 0.25) is 0 Å². The highest BCUT2D eigenvalue weighted by Crippen LogP contribution is 2.16. The van der Waals surface area contributed by atoms with Crippen LogP contribution in [-0.2, 0) is 0 Å². The number of aliphatic hydroxyl groups excluding tert-OH is 1. The predicted octanol–water partition coefficient (Wildman–Crippen LogP) is 1.77. The van der Waals surface area contributed by atoms with Crippen molar-refractivity contribution >= 4 is 22.6 Å². The maximum Gasteiger partial charge on any atom is 0.117 e. The highest BCUT2D eigenvalue weighted by molar-refractivity contribution is 14.1. The summed E-state index contributed by atoms with van der Waals surface area (Å²) in [5.41, 5.74) is 0.392. The Labute approximate surface area is 82.9 Å². The molecule has 0 amide bonds. The molecule has 1 unspecified atom stereocenters. The standard InChI is InChI=1S/C8H18INO/c1-8(2,3)4-5-10-6-7(9)11/h7,10-11H,4-6H2,1-3H3. The van der Waals surface area contributed by atoms with E-state index in [2.05, 4.69) is 26.1 Å². The number of hydrogen-bond donors (Lipinski definition) is 2. The number of rotatable bonds is 4. The zero-order chi connectivity index (χ0) is 8.91. The molecule has 0 aliphatic heterocycles. The first-order chi connectivity index (χ1) is 4.92. The SMILES string of the molecule is CC(C)(C)CCNCC(O)I. The van der Waals surface area contributed by atoms with Gasteiger partial charge in [-0.15, -0.1) is 0 Å². The van der Waals surface area contributed by atoms with Gasteiger partial charge in [0.1, 0.15) is 4.11 Å². The van der Waals surface area contributed by atoms with E-state index in [-0.39, 0.29) is 4.11 Å². The van der Waals surface area contributed by atoms with E-state index in [1.54, 1.807) is 0 Å². The Hall–Kier alpha value is 0.650. The molecule has 0 radical (unpaired) electrons. The fraction of sp³-hybridized carbons (Fsp3) is 1.00. The lowest BCUT2D eigenvalue weighted by Crippen LogP contribution is -2.26. The minimum atomic E-state index is -0.257. The first-order valence-electron chi connectivity index (χ1n) is 3.95. The summed E-state index contributed by atoms with van der Waals surface area (Å²) >= 11 is 2.00. The second kappa shape index (κ2) is 5.32. The average Bonchev–Trinajstić information content (AvgIpc) is 1.78. The van der Waals surface area contributed by atoms with Crippen molar-refractivity contribution in [3.8, 4) is 0 Å². The molecule has 0 saturated heterocycles. The quantitative estimate of drug-likeness (QED) is 0.464. The van der Waals surface area contributed by atoms with Gasteiger partial charge in [-0.2, -0.15) is 0 Å². The molecule has 3 heteroatoms. The van der Waals surface area contributed by atoms with Crippen molar-refractivity contribution in [3.05, 3.63) is 0 Å². The second-order valence-corrected chi connectivity index (χ2v) is 5.39. The van der Waals surface area contributed by atoms with Crippen LogP contribution in [0.5, 0.6) is 0 Å². The molecule has 0 aromatic heterocycles. The fourth-order valence-electron chi connectivity index (χ4n) is 0.685. The summed E-state index contributed by atoms with van der Waals surface area (Å²) in [4.78, 5) is 0. The van der Waals surface area contributed by atoms with Gasteiger partial charge < -0.3 is 10.4 Å². The van der Waals surface area contributed by atoms with Crippen molar-refractivity contribution in [1.82, 2.24) is 5.32 Å². The minimum Gasteiger partial charge on any atom is -0.381 e. The molecule has 0 fully saturated rings. The van der Waals surface area contributed by atoms with Gasteiger partial charge in [-0.05, 0) is 18.4 Å². The lowest BCUT2D eigenvalue weighted by atomic mass is 9.92. The first-order valence-corrected chi connectivity index (χ1v) is 5.19. The summed E-state index contributed by atoms with van der Waals surface area (Å²) in [6.07, 6.45) is 1.15. The zero-order valence-electron chi connectivity index (χ0n) is 7.52. The van der Waals surface area contributed by atoms with Crippen LogP contribution >= 0.6 is 22.6 Å². The molecule has 0 aromatic rings. The van der Waals surface area contributed by atoms with Gasteiger partial charge >= 0.3 is 0 Å². The van der Waals surface area contributed by atoms with E-state index in [4.69, 9.17) is 5.11 Å². The molecule has 1 atom stereocenters. The van der Waals surface area contributed by atoms with E-state index < -0.39 is 0 Å². The normalized spacial score (nSPS) is 15.0. The molecule has 0 saturated carbocycles. The molecule has 2 N–H and O–H groups in total. The molecule has 0 heterocycles. The fourth-order valence-corrected chi connectivity index (χ4v) is 0.996. The van der Waals surface area contributed by atoms with E-state index in [1.807, 2.05) is 22.6 Å². The maximum atomic E-state index is 8.91. The molecule has 68 valence electrons. The lowest BCUT2D eigenvalue weighted by Gasteiger charge is -2.18. The van der Waals surface area contributed by atoms with E-state index in [0.717, 1.165) is 13.0 Å². The van der Waals surface area contributed by atoms with Crippen LogP contribution in [0.15, 0.2) is 0 Å². The van der Waals surface area contributed by atoms with E-state index >= 15 is 0 Å². The van der Waals surface area contributed by atoms with Crippen LogP contribution in [-0.4, -0.2) is 22.3 Å². The summed E-state index contributed by atoms with van der Waals surface area (Å²) in [5, 5.41) is 12.1. The maximum absolute atomic E-state index is 8.91. The van der Waals surface area contributed by atoms with Crippen molar-refractivity contribution in [3.63, 3.8) is 0 Å². The summed E-state index contributed by atoms with van der Waals surface area (Å²) in [7, 11) is 0. The largest absolute Gasteiger partial charge is 0.381 e. The van der Waals surface area contributed by atoms with E-state index in [9.17, 15) is 0 Å². The Kier molecular flexibility index (Phi) is 5.64. The van der Waals surface area contributed by atoms with Crippen LogP contribution in [0.3, 0.4) is 0 Å². The summed E-state index contributed by atoms with van der Waals surface area (Å²) in [6.45, 7) is 8.33. The zero-order valence-corrected chi connectivity index (χ0v) is 9.68. The number of halogens is 1. The summed E-state index contributed by atoms with van der Waals surface area (Å²) in [6, 6.07) is 0. The summed E-state index contributed by atoms with van der Waals surface area (Å²) in [5.74, 6) is 0. The Morgan fingerprint density at radius 2 is 2.00 bits per heavy atom. The third kappa shape index (κ3) is 10.7. The van der Waals surface area contributed by atoms with Crippen molar-refractivity contribution in [1.29, 1.82) is 0 Å². The monoisotopic (exact) mass is 271 g/mol. The molecule has 11 heavy (non-hydrogen) atoms. The van der Waals surface area contributed by atoms with Crippen LogP contribution in [0, 0.1) is 5.41 Å². The number of alkyl halides is 1. The molecule has 0 bridgehead atoms. The van der Waals surface area contributed by atoms with Gasteiger partial charge in [0.15, 0.2) is 0 Å². The molecule has 0 aromatic carbocycles. The smallest absolute Gasteiger partial charge is 0.117 e. The first kappa shape index (κ1) is 11.6. The third-order valence-corrected chi connectivity index (χ3v) is 1.80. The highest BCUT2D eigenvalue weighted by Gasteiger charge is 2.08. The van der Waals surface area contributed by atoms with Gasteiger partial charge in [0.25, 0.3) is 0 Å². The summed E-state index contributed by atoms with van der Waals surface area (Å²) < 4.78 is -0.257. The Balaban J connectivity index is 3.15. The van der Waals surface area contributed by atoms with Gasteiger partial charge in [-0.3, -0.25) is 0 Å². The topological polar surface area (TPSA) is 32.3 Å². The molecule has 0 spiro atoms. The molecular weight excluding hydrogens is 253 g/mol. The van der Waals surface area contributed by atoms with Gasteiger partial charge in [0.2, 0.25) is 0 Å². The minimum absolute atomic E-state index is 0.257. The predicted molar refractivity (Wildman–Crippen MR) is 57.0 cm³/mol. The number of hydrogen-bond acceptors (Lipinski definition) is 2. The molecule has 0 aliphatic rings. The average molecular weight is 271 g/mol. The molecular formula is C8H18INO. The van der Waals surface area contributed by atoms with Crippen LogP contribution in [0.4, 0.5) is 0 Å². The van der Waals surface area contributed by atoms with Gasteiger partial charge in [0.05, 0.1) is 0 Å². The van der Waals surface area contributed by atoms with Crippen LogP contribution < -0.4 is 5.32 Å². The van der Waals surface area contributed by atoms with Gasteiger partial charge in [0, 0.05) is 6.54 Å². The Morgan fingerprint density at radius 1 is 1.45 bits per heavy atom. The second-order valence-electron chi connectivity index (χ2n) is 3.95. The van der Waals surface area contributed by atoms with Crippen LogP contribution in [0.1, 0.15) is 27.2 Å². The Morgan fingerprint density at radius 3 is 2.36 bits per heavy atom. The lowest BCUT2D eigenvalue weighted by molar-refractivity contribution is 0.268. The Bertz CT molecular complexity index is 98.8. The molecule has 0 aliphatic carbocycles. The van der Waals surface area contributed by atoms with Crippen molar-refractivity contribution in [2.75, 3.05) is 13.1 Å². The molecule has 0 rings (SSSR count). The number of aliphatic hydroxyl groups is 1. The van der Waals surface area contributed by atoms with Gasteiger partial charge in [-0.1, -0.05) is 43.4 Å².